The number of thioether (sulfide) groups is 1. The lowest BCUT2D eigenvalue weighted by Crippen LogP contribution is -2.20. The van der Waals surface area contributed by atoms with Gasteiger partial charge in [0, 0.05) is 10.8 Å². The Balaban J connectivity index is 1.70. The smallest absolute Gasteiger partial charge is 0.255 e. The van der Waals surface area contributed by atoms with E-state index in [4.69, 9.17) is 22.1 Å². The maximum atomic E-state index is 11.8. The fourth-order valence-electron chi connectivity index (χ4n) is 1.90. The first-order chi connectivity index (χ1) is 12.5. The molecule has 0 unspecified atom stereocenters. The fourth-order valence-corrected chi connectivity index (χ4v) is 2.88. The van der Waals surface area contributed by atoms with Gasteiger partial charge in [0.1, 0.15) is 5.75 Å². The molecule has 26 heavy (non-hydrogen) atoms. The highest BCUT2D eigenvalue weighted by atomic mass is 35.5. The van der Waals surface area contributed by atoms with Gasteiger partial charge in [0.2, 0.25) is 5.91 Å². The molecule has 0 saturated heterocycles. The average Bonchev–Trinajstić information content (AvgIpc) is 2.61. The van der Waals surface area contributed by atoms with Crippen molar-refractivity contribution in [3.8, 4) is 5.75 Å². The van der Waals surface area contributed by atoms with E-state index in [2.05, 4.69) is 10.5 Å². The summed E-state index contributed by atoms with van der Waals surface area (Å²) in [6.07, 6.45) is 1.53. The Kier molecular flexibility index (Phi) is 7.98. The molecule has 2 aromatic carbocycles. The molecule has 0 saturated carbocycles. The predicted octanol–water partition coefficient (Wildman–Crippen LogP) is 2.59. The molecule has 0 aliphatic heterocycles. The van der Waals surface area contributed by atoms with Crippen LogP contribution < -0.4 is 15.9 Å². The number of rotatable bonds is 9. The first-order valence-electron chi connectivity index (χ1n) is 7.68. The summed E-state index contributed by atoms with van der Waals surface area (Å²) in [5.41, 5.74) is 9.33. The maximum absolute atomic E-state index is 11.8. The van der Waals surface area contributed by atoms with Crippen LogP contribution in [-0.4, -0.2) is 30.4 Å². The third-order valence-electron chi connectivity index (χ3n) is 3.05. The third-order valence-corrected chi connectivity index (χ3v) is 4.29. The largest absolute Gasteiger partial charge is 0.484 e. The molecule has 0 radical (unpaired) electrons. The normalized spacial score (nSPS) is 10.7. The van der Waals surface area contributed by atoms with Crippen LogP contribution in [0.4, 0.5) is 0 Å². The quantitative estimate of drug-likeness (QED) is 0.507. The van der Waals surface area contributed by atoms with Crippen LogP contribution in [0.1, 0.15) is 11.1 Å². The van der Waals surface area contributed by atoms with Gasteiger partial charge in [0.25, 0.3) is 5.91 Å². The van der Waals surface area contributed by atoms with Gasteiger partial charge < -0.3 is 10.5 Å². The predicted molar refractivity (Wildman–Crippen MR) is 104 cm³/mol. The van der Waals surface area contributed by atoms with Gasteiger partial charge in [-0.05, 0) is 47.5 Å². The highest BCUT2D eigenvalue weighted by molar-refractivity contribution is 7.99. The number of nitrogens with two attached hydrogens (primary N) is 1. The van der Waals surface area contributed by atoms with E-state index in [9.17, 15) is 9.59 Å². The molecule has 0 bridgehead atoms. The summed E-state index contributed by atoms with van der Waals surface area (Å²) in [6, 6.07) is 14.4. The molecule has 0 aliphatic rings. The topological polar surface area (TPSA) is 93.8 Å². The van der Waals surface area contributed by atoms with Crippen LogP contribution in [-0.2, 0) is 15.3 Å². The van der Waals surface area contributed by atoms with Crippen LogP contribution in [0.2, 0.25) is 5.02 Å². The zero-order valence-corrected chi connectivity index (χ0v) is 15.4. The van der Waals surface area contributed by atoms with E-state index in [1.165, 1.54) is 18.0 Å². The molecule has 2 aromatic rings. The molecule has 0 heterocycles. The van der Waals surface area contributed by atoms with E-state index in [0.717, 1.165) is 11.1 Å². The number of halogens is 1. The van der Waals surface area contributed by atoms with Crippen molar-refractivity contribution in [3.63, 3.8) is 0 Å². The summed E-state index contributed by atoms with van der Waals surface area (Å²) in [5, 5.41) is 4.59. The number of hydrazone groups is 1. The van der Waals surface area contributed by atoms with Gasteiger partial charge in [-0.3, -0.25) is 9.59 Å². The molecule has 0 atom stereocenters. The molecule has 0 aliphatic carbocycles. The second-order valence-electron chi connectivity index (χ2n) is 5.24. The summed E-state index contributed by atoms with van der Waals surface area (Å²) >= 11 is 7.40. The van der Waals surface area contributed by atoms with Gasteiger partial charge in [0.05, 0.1) is 12.0 Å². The lowest BCUT2D eigenvalue weighted by molar-refractivity contribution is -0.120. The first-order valence-corrected chi connectivity index (χ1v) is 9.21. The first kappa shape index (κ1) is 19.8. The summed E-state index contributed by atoms with van der Waals surface area (Å²) < 4.78 is 5.15. The number of hydrogen-bond acceptors (Lipinski definition) is 5. The number of hydrogen-bond donors (Lipinski definition) is 2. The molecule has 0 spiro atoms. The molecule has 2 amide bonds. The van der Waals surface area contributed by atoms with Gasteiger partial charge in [-0.2, -0.15) is 5.10 Å². The van der Waals surface area contributed by atoms with Crippen LogP contribution in [0.5, 0.6) is 5.75 Å². The minimum Gasteiger partial charge on any atom is -0.484 e. The summed E-state index contributed by atoms with van der Waals surface area (Å²) in [5.74, 6) is 0.803. The van der Waals surface area contributed by atoms with Crippen molar-refractivity contribution in [1.82, 2.24) is 5.43 Å². The lowest BCUT2D eigenvalue weighted by atomic mass is 10.2. The van der Waals surface area contributed by atoms with Crippen LogP contribution in [0, 0.1) is 0 Å². The van der Waals surface area contributed by atoms with Crippen molar-refractivity contribution >= 4 is 41.4 Å². The van der Waals surface area contributed by atoms with Crippen LogP contribution >= 0.6 is 23.4 Å². The van der Waals surface area contributed by atoms with E-state index in [1.54, 1.807) is 24.3 Å². The Hall–Kier alpha value is -2.51. The number of carbonyl (C=O) groups is 2. The van der Waals surface area contributed by atoms with Crippen molar-refractivity contribution in [3.05, 3.63) is 64.7 Å². The maximum Gasteiger partial charge on any atom is 0.255 e. The third kappa shape index (κ3) is 7.58. The van der Waals surface area contributed by atoms with Crippen LogP contribution in [0.15, 0.2) is 53.6 Å². The molecule has 0 aromatic heterocycles. The van der Waals surface area contributed by atoms with Crippen molar-refractivity contribution < 1.29 is 14.3 Å². The Labute approximate surface area is 160 Å². The van der Waals surface area contributed by atoms with E-state index in [0.29, 0.717) is 22.3 Å². The van der Waals surface area contributed by atoms with Gasteiger partial charge >= 0.3 is 0 Å². The minimum absolute atomic E-state index is 0.170. The van der Waals surface area contributed by atoms with Gasteiger partial charge in [-0.1, -0.05) is 23.7 Å². The van der Waals surface area contributed by atoms with E-state index < -0.39 is 5.91 Å². The van der Waals surface area contributed by atoms with Crippen molar-refractivity contribution in [2.45, 2.75) is 5.75 Å². The number of nitrogens with zero attached hydrogens (tertiary/aromatic N) is 1. The monoisotopic (exact) mass is 391 g/mol. The molecule has 6 nitrogen and oxygen atoms in total. The Morgan fingerprint density at radius 3 is 2.69 bits per heavy atom. The van der Waals surface area contributed by atoms with E-state index in [1.807, 2.05) is 24.3 Å². The Morgan fingerprint density at radius 1 is 1.23 bits per heavy atom. The summed E-state index contributed by atoms with van der Waals surface area (Å²) in [4.78, 5) is 22.4. The van der Waals surface area contributed by atoms with Gasteiger partial charge in [-0.25, -0.2) is 5.43 Å². The summed E-state index contributed by atoms with van der Waals surface area (Å²) in [6.45, 7) is -0.170. The van der Waals surface area contributed by atoms with Gasteiger partial charge in [0.15, 0.2) is 6.61 Å². The fraction of sp³-hybridized carbons (Fsp3) is 0.167. The van der Waals surface area contributed by atoms with Crippen molar-refractivity contribution in [2.24, 2.45) is 10.8 Å². The number of nitrogens with one attached hydrogen (secondary N) is 1. The van der Waals surface area contributed by atoms with E-state index in [-0.39, 0.29) is 12.5 Å². The number of primary amides is 1. The standard InChI is InChI=1S/C18H18ClN3O3S/c19-15-3-1-2-14(8-15)11-26-12-18(24)22-21-9-13-4-6-16(7-5-13)25-10-17(20)23/h1-9H,10-12H2,(H2,20,23)(H,22,24)/b21-9-. The molecule has 3 N–H and O–H groups in total. The van der Waals surface area contributed by atoms with Crippen molar-refractivity contribution in [1.29, 1.82) is 0 Å². The minimum atomic E-state index is -0.536. The van der Waals surface area contributed by atoms with Gasteiger partial charge in [-0.15, -0.1) is 11.8 Å². The Morgan fingerprint density at radius 2 is 2.00 bits per heavy atom. The van der Waals surface area contributed by atoms with Crippen molar-refractivity contribution in [2.75, 3.05) is 12.4 Å². The molecule has 2 rings (SSSR count). The van der Waals surface area contributed by atoms with Crippen LogP contribution in [0.25, 0.3) is 0 Å². The average molecular weight is 392 g/mol. The number of benzene rings is 2. The SMILES string of the molecule is NC(=O)COc1ccc(/C=N\NC(=O)CSCc2cccc(Cl)c2)cc1. The molecule has 0 fully saturated rings. The molecular weight excluding hydrogens is 374 g/mol. The highest BCUT2D eigenvalue weighted by Crippen LogP contribution is 2.16. The molecular formula is C18H18ClN3O3S. The van der Waals surface area contributed by atoms with E-state index >= 15 is 0 Å². The lowest BCUT2D eigenvalue weighted by Gasteiger charge is -2.03. The number of amides is 2. The zero-order chi connectivity index (χ0) is 18.8. The number of ether oxygens (including phenoxy) is 1. The second kappa shape index (κ2) is 10.5. The summed E-state index contributed by atoms with van der Waals surface area (Å²) in [7, 11) is 0. The highest BCUT2D eigenvalue weighted by Gasteiger charge is 2.01. The second-order valence-corrected chi connectivity index (χ2v) is 6.66. The number of carbonyl (C=O) groups excluding carboxylic acids is 2. The van der Waals surface area contributed by atoms with Crippen LogP contribution in [0.3, 0.4) is 0 Å². The zero-order valence-electron chi connectivity index (χ0n) is 13.9. The Bertz CT molecular complexity index is 782. The molecule has 8 heteroatoms. The molecule has 136 valence electrons.